The Morgan fingerprint density at radius 2 is 1.74 bits per heavy atom. The molecule has 172 valence electrons. The first kappa shape index (κ1) is 24.3. The number of hydrogen-bond donors (Lipinski definition) is 2. The van der Waals surface area contributed by atoms with Crippen LogP contribution in [0.5, 0.6) is 0 Å². The summed E-state index contributed by atoms with van der Waals surface area (Å²) >= 11 is 24.8. The fourth-order valence-corrected chi connectivity index (χ4v) is 4.78. The highest BCUT2D eigenvalue weighted by Crippen LogP contribution is 2.65. The zero-order valence-corrected chi connectivity index (χ0v) is 20.1. The molecule has 0 aliphatic heterocycles. The van der Waals surface area contributed by atoms with Gasteiger partial charge in [-0.05, 0) is 54.1 Å². The van der Waals surface area contributed by atoms with Crippen molar-refractivity contribution in [3.63, 3.8) is 0 Å². The van der Waals surface area contributed by atoms with Crippen LogP contribution in [0.3, 0.4) is 0 Å². The van der Waals surface area contributed by atoms with E-state index in [2.05, 4.69) is 10.6 Å². The first-order chi connectivity index (χ1) is 16.1. The predicted molar refractivity (Wildman–Crippen MR) is 131 cm³/mol. The fraction of sp³-hybridized carbons (Fsp3) is 0.125. The highest BCUT2D eigenvalue weighted by atomic mass is 35.5. The lowest BCUT2D eigenvalue weighted by atomic mass is 10.1. The topological polar surface area (TPSA) is 82.0 Å². The monoisotopic (exact) mass is 535 g/mol. The molecule has 0 bridgehead atoms. The summed E-state index contributed by atoms with van der Waals surface area (Å²) in [7, 11) is 0. The summed E-state index contributed by atoms with van der Waals surface area (Å²) in [5, 5.41) is 15.1. The molecule has 5 nitrogen and oxygen atoms in total. The SMILES string of the molecule is N#Cc1cc(F)ccc1NC(=O)c1cccc(NC(=O)[C@H]2[C@H](c3ccc(Cl)c(Cl)c3)C2(Cl)Cl)c1. The van der Waals surface area contributed by atoms with Crippen molar-refractivity contribution >= 4 is 69.6 Å². The molecular weight excluding hydrogens is 523 g/mol. The Morgan fingerprint density at radius 1 is 0.971 bits per heavy atom. The second-order valence-electron chi connectivity index (χ2n) is 7.63. The summed E-state index contributed by atoms with van der Waals surface area (Å²) in [6, 6.07) is 16.4. The summed E-state index contributed by atoms with van der Waals surface area (Å²) in [6.07, 6.45) is 0. The number of hydrogen-bond acceptors (Lipinski definition) is 3. The van der Waals surface area contributed by atoms with Gasteiger partial charge in [-0.1, -0.05) is 35.3 Å². The third kappa shape index (κ3) is 4.84. The summed E-state index contributed by atoms with van der Waals surface area (Å²) in [5.74, 6) is -2.79. The first-order valence-corrected chi connectivity index (χ1v) is 11.4. The molecular formula is C24H14Cl4FN3O2. The quantitative estimate of drug-likeness (QED) is 0.352. The van der Waals surface area contributed by atoms with Crippen molar-refractivity contribution in [1.82, 2.24) is 0 Å². The smallest absolute Gasteiger partial charge is 0.255 e. The van der Waals surface area contributed by atoms with Gasteiger partial charge in [0, 0.05) is 17.2 Å². The van der Waals surface area contributed by atoms with E-state index in [4.69, 9.17) is 51.7 Å². The van der Waals surface area contributed by atoms with Crippen molar-refractivity contribution in [3.8, 4) is 6.07 Å². The van der Waals surface area contributed by atoms with E-state index in [1.165, 1.54) is 18.2 Å². The summed E-state index contributed by atoms with van der Waals surface area (Å²) < 4.78 is 12.0. The molecule has 1 aliphatic rings. The van der Waals surface area contributed by atoms with E-state index in [0.29, 0.717) is 21.3 Å². The summed E-state index contributed by atoms with van der Waals surface area (Å²) in [4.78, 5) is 25.6. The maximum Gasteiger partial charge on any atom is 0.255 e. The van der Waals surface area contributed by atoms with Crippen LogP contribution in [-0.4, -0.2) is 16.1 Å². The molecule has 2 N–H and O–H groups in total. The van der Waals surface area contributed by atoms with E-state index in [-0.39, 0.29) is 16.8 Å². The number of amides is 2. The molecule has 0 saturated heterocycles. The molecule has 0 aromatic heterocycles. The van der Waals surface area contributed by atoms with Gasteiger partial charge in [0.15, 0.2) is 0 Å². The molecule has 0 unspecified atom stereocenters. The van der Waals surface area contributed by atoms with Crippen LogP contribution in [0.25, 0.3) is 0 Å². The molecule has 0 spiro atoms. The largest absolute Gasteiger partial charge is 0.326 e. The number of benzene rings is 3. The average molecular weight is 537 g/mol. The summed E-state index contributed by atoms with van der Waals surface area (Å²) in [6.45, 7) is 0. The maximum absolute atomic E-state index is 13.3. The average Bonchev–Trinajstić information content (AvgIpc) is 3.38. The molecule has 0 radical (unpaired) electrons. The number of alkyl halides is 2. The number of nitrogens with zero attached hydrogens (tertiary/aromatic N) is 1. The van der Waals surface area contributed by atoms with Gasteiger partial charge in [0.05, 0.1) is 27.2 Å². The van der Waals surface area contributed by atoms with E-state index in [1.807, 2.05) is 6.07 Å². The second kappa shape index (κ2) is 9.44. The number of anilines is 2. The van der Waals surface area contributed by atoms with Gasteiger partial charge in [0.1, 0.15) is 16.2 Å². The zero-order chi connectivity index (χ0) is 24.6. The maximum atomic E-state index is 13.3. The molecule has 34 heavy (non-hydrogen) atoms. The molecule has 3 aromatic carbocycles. The van der Waals surface area contributed by atoms with Crippen LogP contribution in [0.2, 0.25) is 10.0 Å². The van der Waals surface area contributed by atoms with Crippen molar-refractivity contribution < 1.29 is 14.0 Å². The Morgan fingerprint density at radius 3 is 2.44 bits per heavy atom. The molecule has 3 aromatic rings. The number of nitrogens with one attached hydrogen (secondary N) is 2. The minimum Gasteiger partial charge on any atom is -0.326 e. The van der Waals surface area contributed by atoms with Gasteiger partial charge in [-0.2, -0.15) is 5.26 Å². The Kier molecular flexibility index (Phi) is 6.75. The van der Waals surface area contributed by atoms with Gasteiger partial charge in [-0.15, -0.1) is 23.2 Å². The zero-order valence-electron chi connectivity index (χ0n) is 17.1. The van der Waals surface area contributed by atoms with Crippen molar-refractivity contribution in [2.45, 2.75) is 10.3 Å². The van der Waals surface area contributed by atoms with Crippen molar-refractivity contribution in [2.75, 3.05) is 10.6 Å². The number of rotatable bonds is 5. The molecule has 10 heteroatoms. The van der Waals surface area contributed by atoms with Gasteiger partial charge in [-0.25, -0.2) is 4.39 Å². The third-order valence-corrected chi connectivity index (χ3v) is 7.06. The van der Waals surface area contributed by atoms with Gasteiger partial charge < -0.3 is 10.6 Å². The lowest BCUT2D eigenvalue weighted by Gasteiger charge is -2.10. The predicted octanol–water partition coefficient (Wildman–Crippen LogP) is 6.78. The Labute approximate surface area is 214 Å². The second-order valence-corrected chi connectivity index (χ2v) is 9.89. The minimum atomic E-state index is -1.33. The molecule has 2 amide bonds. The third-order valence-electron chi connectivity index (χ3n) is 5.38. The van der Waals surface area contributed by atoms with Gasteiger partial charge >= 0.3 is 0 Å². The van der Waals surface area contributed by atoms with Gasteiger partial charge in [-0.3, -0.25) is 9.59 Å². The van der Waals surface area contributed by atoms with Crippen molar-refractivity contribution in [3.05, 3.63) is 93.2 Å². The Hall–Kier alpha value is -2.82. The van der Waals surface area contributed by atoms with Crippen LogP contribution in [0.4, 0.5) is 15.8 Å². The number of carbonyl (C=O) groups excluding carboxylic acids is 2. The standard InChI is InChI=1S/C24H14Cl4FN3O2/c25-17-6-4-12(10-18(17)26)20-21(24(20,27)28)23(34)31-16-3-1-2-13(9-16)22(33)32-19-7-5-15(29)8-14(19)11-30/h1-10,20-21H,(H,31,34)(H,32,33)/t20-,21+/m0/s1. The normalized spacial score (nSPS) is 18.0. The van der Waals surface area contributed by atoms with Crippen LogP contribution in [0.1, 0.15) is 27.4 Å². The highest BCUT2D eigenvalue weighted by Gasteiger charge is 2.67. The fourth-order valence-electron chi connectivity index (χ4n) is 3.64. The highest BCUT2D eigenvalue weighted by molar-refractivity contribution is 6.53. The molecule has 1 fully saturated rings. The molecule has 1 saturated carbocycles. The number of halogens is 5. The van der Waals surface area contributed by atoms with Crippen molar-refractivity contribution in [2.24, 2.45) is 5.92 Å². The van der Waals surface area contributed by atoms with Gasteiger partial charge in [0.2, 0.25) is 5.91 Å². The lowest BCUT2D eigenvalue weighted by Crippen LogP contribution is -2.18. The molecule has 1 aliphatic carbocycles. The van der Waals surface area contributed by atoms with E-state index in [0.717, 1.165) is 12.1 Å². The van der Waals surface area contributed by atoms with Crippen LogP contribution in [-0.2, 0) is 4.79 Å². The van der Waals surface area contributed by atoms with Crippen LogP contribution in [0, 0.1) is 23.1 Å². The molecule has 4 rings (SSSR count). The van der Waals surface area contributed by atoms with E-state index < -0.39 is 33.8 Å². The number of nitriles is 1. The van der Waals surface area contributed by atoms with Gasteiger partial charge in [0.25, 0.3) is 5.91 Å². The number of carbonyl (C=O) groups is 2. The van der Waals surface area contributed by atoms with E-state index in [9.17, 15) is 14.0 Å². The van der Waals surface area contributed by atoms with E-state index >= 15 is 0 Å². The van der Waals surface area contributed by atoms with Crippen molar-refractivity contribution in [1.29, 1.82) is 5.26 Å². The minimum absolute atomic E-state index is 0.0135. The lowest BCUT2D eigenvalue weighted by molar-refractivity contribution is -0.117. The molecule has 0 heterocycles. The first-order valence-electron chi connectivity index (χ1n) is 9.86. The van der Waals surface area contributed by atoms with Crippen LogP contribution >= 0.6 is 46.4 Å². The van der Waals surface area contributed by atoms with E-state index in [1.54, 1.807) is 30.3 Å². The van der Waals surface area contributed by atoms with Crippen LogP contribution < -0.4 is 10.6 Å². The summed E-state index contributed by atoms with van der Waals surface area (Å²) in [5.41, 5.74) is 1.40. The van der Waals surface area contributed by atoms with Crippen LogP contribution in [0.15, 0.2) is 60.7 Å². The molecule has 2 atom stereocenters. The Bertz CT molecular complexity index is 1360. The Balaban J connectivity index is 1.48.